The van der Waals surface area contributed by atoms with E-state index in [0.29, 0.717) is 11.6 Å². The molecule has 2 heterocycles. The molecule has 1 unspecified atom stereocenters. The van der Waals surface area contributed by atoms with Crippen LogP contribution in [-0.4, -0.2) is 63.8 Å². The van der Waals surface area contributed by atoms with Crippen molar-refractivity contribution in [1.29, 1.82) is 0 Å². The third kappa shape index (κ3) is 19.8. The van der Waals surface area contributed by atoms with Crippen molar-refractivity contribution in [3.63, 3.8) is 0 Å². The number of aromatic nitrogens is 3. The quantitative estimate of drug-likeness (QED) is 0.196. The number of aryl methyl sites for hydroxylation is 2. The molecule has 0 spiro atoms. The monoisotopic (exact) mass is 611 g/mol. The zero-order chi connectivity index (χ0) is 34.3. The molecule has 1 aliphatic carbocycles. The molecular weight excluding hydrogens is 544 g/mol. The molecule has 250 valence electrons. The number of fused-ring (bicyclic) bond motifs is 1. The van der Waals surface area contributed by atoms with Crippen molar-refractivity contribution >= 4 is 11.9 Å². The summed E-state index contributed by atoms with van der Waals surface area (Å²) >= 11 is 0. The predicted molar refractivity (Wildman–Crippen MR) is 195 cm³/mol. The van der Waals surface area contributed by atoms with Crippen LogP contribution in [0.2, 0.25) is 0 Å². The normalized spacial score (nSPS) is 11.2. The molecule has 3 N–H and O–H groups in total. The Hall–Kier alpha value is -3.29. The molecule has 1 aliphatic rings. The van der Waals surface area contributed by atoms with Gasteiger partial charge in [0.1, 0.15) is 0 Å². The van der Waals surface area contributed by atoms with Crippen LogP contribution >= 0.6 is 0 Å². The van der Waals surface area contributed by atoms with Crippen LogP contribution in [0.4, 0.5) is 0 Å². The predicted octanol–water partition coefficient (Wildman–Crippen LogP) is 8.47. The number of hydrogen-bond acceptors (Lipinski definition) is 6. The fourth-order valence-electron chi connectivity index (χ4n) is 3.69. The Labute approximate surface area is 271 Å². The van der Waals surface area contributed by atoms with Gasteiger partial charge in [0.15, 0.2) is 6.29 Å². The van der Waals surface area contributed by atoms with E-state index in [9.17, 15) is 4.79 Å². The van der Waals surface area contributed by atoms with Crippen LogP contribution in [0, 0.1) is 13.8 Å². The third-order valence-electron chi connectivity index (χ3n) is 6.06. The number of carbonyl (C=O) groups is 1. The van der Waals surface area contributed by atoms with Gasteiger partial charge in [-0.05, 0) is 63.2 Å². The zero-order valence-corrected chi connectivity index (χ0v) is 30.1. The lowest BCUT2D eigenvalue weighted by molar-refractivity contribution is -0.103. The van der Waals surface area contributed by atoms with Crippen molar-refractivity contribution in [2.75, 3.05) is 26.7 Å². The van der Waals surface area contributed by atoms with E-state index in [1.54, 1.807) is 12.4 Å². The fraction of sp³-hybridized carbons (Fsp3) is 0.541. The molecule has 3 rings (SSSR count). The van der Waals surface area contributed by atoms with Crippen molar-refractivity contribution in [3.8, 4) is 0 Å². The molecule has 0 bridgehead atoms. The summed E-state index contributed by atoms with van der Waals surface area (Å²) in [4.78, 5) is 26.9. The van der Waals surface area contributed by atoms with Gasteiger partial charge in [-0.2, -0.15) is 0 Å². The first-order valence-corrected chi connectivity index (χ1v) is 16.4. The summed E-state index contributed by atoms with van der Waals surface area (Å²) in [5.41, 5.74) is 11.1. The maximum absolute atomic E-state index is 10.6. The van der Waals surface area contributed by atoms with Gasteiger partial charge in [-0.3, -0.25) is 14.7 Å². The highest BCUT2D eigenvalue weighted by molar-refractivity contribution is 6.07. The number of imidazole rings is 1. The molecule has 7 nitrogen and oxygen atoms in total. The summed E-state index contributed by atoms with van der Waals surface area (Å²) < 4.78 is 0. The van der Waals surface area contributed by atoms with Crippen molar-refractivity contribution in [2.45, 2.75) is 108 Å². The van der Waals surface area contributed by atoms with E-state index in [0.717, 1.165) is 63.1 Å². The van der Waals surface area contributed by atoms with Gasteiger partial charge in [-0.1, -0.05) is 92.7 Å². The van der Waals surface area contributed by atoms with E-state index in [2.05, 4.69) is 92.6 Å². The van der Waals surface area contributed by atoms with E-state index in [4.69, 9.17) is 5.73 Å². The number of pyridine rings is 1. The zero-order valence-electron chi connectivity index (χ0n) is 30.1. The average Bonchev–Trinajstić information content (AvgIpc) is 3.43. The number of rotatable bonds is 11. The van der Waals surface area contributed by atoms with Gasteiger partial charge < -0.3 is 15.6 Å². The molecule has 1 atom stereocenters. The number of likely N-dealkylation sites (N-methyl/N-ethyl adjacent to an activating group) is 2. The van der Waals surface area contributed by atoms with Gasteiger partial charge >= 0.3 is 0 Å². The number of H-pyrrole nitrogens is 1. The molecule has 0 amide bonds. The van der Waals surface area contributed by atoms with Crippen molar-refractivity contribution in [2.24, 2.45) is 5.73 Å². The smallest absolute Gasteiger partial charge is 0.152 e. The lowest BCUT2D eigenvalue weighted by Crippen LogP contribution is -2.39. The van der Waals surface area contributed by atoms with Crippen LogP contribution in [0.3, 0.4) is 0 Å². The van der Waals surface area contributed by atoms with Gasteiger partial charge in [0.2, 0.25) is 0 Å². The first-order valence-electron chi connectivity index (χ1n) is 16.4. The molecule has 44 heavy (non-hydrogen) atoms. The van der Waals surface area contributed by atoms with Crippen LogP contribution in [0.15, 0.2) is 62.3 Å². The summed E-state index contributed by atoms with van der Waals surface area (Å²) in [5.74, 6) is 0. The maximum atomic E-state index is 10.6. The van der Waals surface area contributed by atoms with Crippen LogP contribution < -0.4 is 5.73 Å². The minimum atomic E-state index is 0.408. The fourth-order valence-corrected chi connectivity index (χ4v) is 3.69. The van der Waals surface area contributed by atoms with Gasteiger partial charge in [0.05, 0.1) is 17.7 Å². The van der Waals surface area contributed by atoms with E-state index in [1.807, 2.05) is 58.3 Å². The van der Waals surface area contributed by atoms with Gasteiger partial charge in [-0.25, -0.2) is 4.98 Å². The van der Waals surface area contributed by atoms with Crippen molar-refractivity contribution in [1.82, 2.24) is 24.8 Å². The number of aldehydes is 1. The number of allylic oxidation sites excluding steroid dienone is 4. The van der Waals surface area contributed by atoms with E-state index in [1.165, 1.54) is 23.2 Å². The Morgan fingerprint density at radius 2 is 1.70 bits per heavy atom. The second-order valence-electron chi connectivity index (χ2n) is 9.73. The Bertz CT molecular complexity index is 1040. The van der Waals surface area contributed by atoms with E-state index in [-0.39, 0.29) is 0 Å². The standard InChI is InChI=1S/C18H29N3.C9H8N2O.C3H9N.C3H8.2C2H6/c1-7-10-17(20(6)8-2)13-21(9-3)14-18-16(5)11-15(4)12-19-18;12-5-7-3-1-2-4-8-9(7)11-6-10-8;1-2-3-4;1-3-2;2*1-2/h7-8,11-12,17H,1-2,9-10,13-14H2,3-6H3;1-3,5-6H,4H2,(H,10,11);2-4H2,1H3;3H2,1-2H3;2*1-2H3. The molecule has 0 aliphatic heterocycles. The Balaban J connectivity index is -0.000000611. The minimum absolute atomic E-state index is 0.408. The number of carbonyl (C=O) groups excluding carboxylic acids is 1. The Morgan fingerprint density at radius 3 is 2.18 bits per heavy atom. The van der Waals surface area contributed by atoms with Crippen molar-refractivity contribution in [3.05, 3.63) is 90.5 Å². The topological polar surface area (TPSA) is 91.1 Å². The Kier molecular flexibility index (Phi) is 32.0. The van der Waals surface area contributed by atoms with Gasteiger partial charge in [0.25, 0.3) is 0 Å². The van der Waals surface area contributed by atoms with Gasteiger partial charge in [0, 0.05) is 50.1 Å². The summed E-state index contributed by atoms with van der Waals surface area (Å²) in [7, 11) is 2.07. The summed E-state index contributed by atoms with van der Waals surface area (Å²) in [6.45, 7) is 32.2. The summed E-state index contributed by atoms with van der Waals surface area (Å²) in [5, 5.41) is 0. The lowest BCUT2D eigenvalue weighted by atomic mass is 10.1. The maximum Gasteiger partial charge on any atom is 0.152 e. The van der Waals surface area contributed by atoms with Crippen molar-refractivity contribution < 1.29 is 4.79 Å². The van der Waals surface area contributed by atoms with Crippen LogP contribution in [0.1, 0.15) is 103 Å². The highest BCUT2D eigenvalue weighted by Crippen LogP contribution is 2.17. The number of nitrogens with zero attached hydrogens (tertiary/aromatic N) is 4. The van der Waals surface area contributed by atoms with Crippen LogP contribution in [0.25, 0.3) is 5.57 Å². The second-order valence-corrected chi connectivity index (χ2v) is 9.73. The number of nitrogens with one attached hydrogen (secondary N) is 1. The number of hydrogen-bond donors (Lipinski definition) is 2. The summed E-state index contributed by atoms with van der Waals surface area (Å²) in [6.07, 6.45) is 18.0. The van der Waals surface area contributed by atoms with E-state index >= 15 is 0 Å². The first kappa shape index (κ1) is 45.1. The molecule has 0 fully saturated rings. The van der Waals surface area contributed by atoms with Gasteiger partial charge in [-0.15, -0.1) is 6.58 Å². The molecular formula is C37H66N6O. The first-order chi connectivity index (χ1) is 21.3. The van der Waals surface area contributed by atoms with E-state index < -0.39 is 0 Å². The van der Waals surface area contributed by atoms with Crippen LogP contribution in [0.5, 0.6) is 0 Å². The molecule has 0 saturated heterocycles. The molecule has 7 heteroatoms. The third-order valence-corrected chi connectivity index (χ3v) is 6.06. The molecule has 2 aromatic heterocycles. The molecule has 0 aromatic carbocycles. The Morgan fingerprint density at radius 1 is 1.09 bits per heavy atom. The highest BCUT2D eigenvalue weighted by atomic mass is 16.1. The van der Waals surface area contributed by atoms with Crippen LogP contribution in [-0.2, 0) is 17.8 Å². The summed E-state index contributed by atoms with van der Waals surface area (Å²) in [6, 6.07) is 2.61. The largest absolute Gasteiger partial charge is 0.376 e. The SMILES string of the molecule is C=CCC(CN(CC)Cc1ncc(C)cc1C)N(C)C=C.CC.CC.CCC.CCCN.O=CC1=CC=CCc2[nH]cnc21. The number of nitrogens with two attached hydrogens (primary N) is 1. The molecule has 0 saturated carbocycles. The number of aromatic amines is 1. The molecule has 0 radical (unpaired) electrons. The average molecular weight is 611 g/mol. The highest BCUT2D eigenvalue weighted by Gasteiger charge is 2.16. The second kappa shape index (κ2) is 31.1. The molecule has 2 aromatic rings. The minimum Gasteiger partial charge on any atom is -0.376 e. The lowest BCUT2D eigenvalue weighted by Gasteiger charge is -2.31.